The fourth-order valence-corrected chi connectivity index (χ4v) is 2.63. The van der Waals surface area contributed by atoms with Crippen molar-refractivity contribution in [3.05, 3.63) is 24.3 Å². The van der Waals surface area contributed by atoms with E-state index in [-0.39, 0.29) is 0 Å². The number of rotatable bonds is 0. The third kappa shape index (κ3) is 1.54. The second-order valence-electron chi connectivity index (χ2n) is 2.94. The van der Waals surface area contributed by atoms with E-state index in [0.29, 0.717) is 0 Å². The van der Waals surface area contributed by atoms with Gasteiger partial charge in [0, 0.05) is 19.6 Å². The molecule has 0 spiro atoms. The van der Waals surface area contributed by atoms with Crippen LogP contribution in [0.3, 0.4) is 0 Å². The molecule has 0 amide bonds. The first-order chi connectivity index (χ1) is 6.63. The van der Waals surface area contributed by atoms with E-state index in [1.807, 2.05) is 24.3 Å². The summed E-state index contributed by atoms with van der Waals surface area (Å²) in [5, 5.41) is 2.12. The van der Waals surface area contributed by atoms with Crippen LogP contribution in [0, 0.1) is 0 Å². The first-order valence-electron chi connectivity index (χ1n) is 3.97. The van der Waals surface area contributed by atoms with Crippen molar-refractivity contribution in [1.29, 1.82) is 0 Å². The average molecular weight is 256 g/mol. The minimum Gasteiger partial charge on any atom is -0.142 e. The SMILES string of the molecule is Sc1c(S)c(S)c2ccccc2c1S. The summed E-state index contributed by atoms with van der Waals surface area (Å²) in [4.78, 5) is 3.26. The van der Waals surface area contributed by atoms with Crippen molar-refractivity contribution in [2.45, 2.75) is 19.6 Å². The molecule has 0 aromatic heterocycles. The molecule has 2 rings (SSSR count). The van der Waals surface area contributed by atoms with E-state index in [2.05, 4.69) is 50.5 Å². The maximum atomic E-state index is 4.42. The normalized spacial score (nSPS) is 10.9. The van der Waals surface area contributed by atoms with Gasteiger partial charge in [0.1, 0.15) is 0 Å². The number of fused-ring (bicyclic) bond motifs is 1. The summed E-state index contributed by atoms with van der Waals surface area (Å²) in [6.07, 6.45) is 0. The Kier molecular flexibility index (Phi) is 2.98. The zero-order valence-corrected chi connectivity index (χ0v) is 10.7. The Morgan fingerprint density at radius 3 is 1.29 bits per heavy atom. The second-order valence-corrected chi connectivity index (χ2v) is 4.73. The third-order valence-corrected chi connectivity index (χ3v) is 4.46. The standard InChI is InChI=1S/C10H8S4/c11-7-5-3-1-2-4-6(5)8(12)10(14)9(7)13/h1-4,11-14H. The lowest BCUT2D eigenvalue weighted by molar-refractivity contribution is 1.10. The van der Waals surface area contributed by atoms with Crippen LogP contribution in [0.4, 0.5) is 0 Å². The summed E-state index contributed by atoms with van der Waals surface area (Å²) in [6.45, 7) is 0. The Labute approximate surface area is 105 Å². The van der Waals surface area contributed by atoms with E-state index in [4.69, 9.17) is 0 Å². The van der Waals surface area contributed by atoms with E-state index >= 15 is 0 Å². The molecular weight excluding hydrogens is 248 g/mol. The number of thiol groups is 4. The monoisotopic (exact) mass is 256 g/mol. The molecule has 0 heterocycles. The Balaban J connectivity index is 3.02. The summed E-state index contributed by atoms with van der Waals surface area (Å²) >= 11 is 17.6. The summed E-state index contributed by atoms with van der Waals surface area (Å²) in [5.41, 5.74) is 0. The van der Waals surface area contributed by atoms with Crippen LogP contribution in [0.1, 0.15) is 0 Å². The highest BCUT2D eigenvalue weighted by molar-refractivity contribution is 7.86. The van der Waals surface area contributed by atoms with Crippen molar-refractivity contribution in [3.63, 3.8) is 0 Å². The van der Waals surface area contributed by atoms with Crippen molar-refractivity contribution in [2.75, 3.05) is 0 Å². The molecule has 72 valence electrons. The van der Waals surface area contributed by atoms with Gasteiger partial charge in [0.15, 0.2) is 0 Å². The minimum absolute atomic E-state index is 0.778. The smallest absolute Gasteiger partial charge is 0.0326 e. The summed E-state index contributed by atoms with van der Waals surface area (Å²) < 4.78 is 0. The zero-order valence-electron chi connectivity index (χ0n) is 7.10. The van der Waals surface area contributed by atoms with Crippen LogP contribution >= 0.6 is 50.5 Å². The van der Waals surface area contributed by atoms with Crippen molar-refractivity contribution < 1.29 is 0 Å². The predicted molar refractivity (Wildman–Crippen MR) is 73.0 cm³/mol. The van der Waals surface area contributed by atoms with Crippen molar-refractivity contribution in [1.82, 2.24) is 0 Å². The minimum atomic E-state index is 0.778. The fraction of sp³-hybridized carbons (Fsp3) is 0. The molecule has 0 radical (unpaired) electrons. The third-order valence-electron chi connectivity index (χ3n) is 2.11. The van der Waals surface area contributed by atoms with Crippen LogP contribution in [0.2, 0.25) is 0 Å². The van der Waals surface area contributed by atoms with Crippen LogP contribution in [0.25, 0.3) is 10.8 Å². The van der Waals surface area contributed by atoms with Gasteiger partial charge in [0.25, 0.3) is 0 Å². The van der Waals surface area contributed by atoms with Crippen LogP contribution in [0.15, 0.2) is 43.8 Å². The lowest BCUT2D eigenvalue weighted by atomic mass is 10.1. The van der Waals surface area contributed by atoms with Gasteiger partial charge >= 0.3 is 0 Å². The number of hydrogen-bond acceptors (Lipinski definition) is 4. The molecule has 0 unspecified atom stereocenters. The molecule has 0 atom stereocenters. The number of benzene rings is 2. The van der Waals surface area contributed by atoms with Gasteiger partial charge in [-0.25, -0.2) is 0 Å². The Morgan fingerprint density at radius 2 is 0.929 bits per heavy atom. The predicted octanol–water partition coefficient (Wildman–Crippen LogP) is 3.99. The second kappa shape index (κ2) is 3.93. The van der Waals surface area contributed by atoms with Gasteiger partial charge in [0.05, 0.1) is 0 Å². The van der Waals surface area contributed by atoms with Crippen molar-refractivity contribution in [3.8, 4) is 0 Å². The average Bonchev–Trinajstić information content (AvgIpc) is 2.23. The molecule has 14 heavy (non-hydrogen) atoms. The molecule has 0 bridgehead atoms. The van der Waals surface area contributed by atoms with Gasteiger partial charge in [0.2, 0.25) is 0 Å². The molecule has 0 aliphatic heterocycles. The van der Waals surface area contributed by atoms with Crippen LogP contribution < -0.4 is 0 Å². The van der Waals surface area contributed by atoms with Gasteiger partial charge in [-0.15, -0.1) is 50.5 Å². The van der Waals surface area contributed by atoms with Crippen molar-refractivity contribution >= 4 is 61.3 Å². The molecule has 0 saturated heterocycles. The molecular formula is C10H8S4. The van der Waals surface area contributed by atoms with E-state index < -0.39 is 0 Å². The van der Waals surface area contributed by atoms with E-state index in [1.54, 1.807) is 0 Å². The highest BCUT2D eigenvalue weighted by Crippen LogP contribution is 2.38. The van der Waals surface area contributed by atoms with E-state index in [1.165, 1.54) is 0 Å². The maximum Gasteiger partial charge on any atom is 0.0326 e. The van der Waals surface area contributed by atoms with Crippen LogP contribution in [0.5, 0.6) is 0 Å². The molecule has 0 nitrogen and oxygen atoms in total. The largest absolute Gasteiger partial charge is 0.142 e. The molecule has 2 aromatic carbocycles. The molecule has 4 heteroatoms. The summed E-state index contributed by atoms with van der Waals surface area (Å²) in [6, 6.07) is 7.95. The van der Waals surface area contributed by atoms with Crippen LogP contribution in [-0.4, -0.2) is 0 Å². The van der Waals surface area contributed by atoms with Gasteiger partial charge in [-0.3, -0.25) is 0 Å². The quantitative estimate of drug-likeness (QED) is 0.503. The Hall–Kier alpha value is 0.1000. The fourth-order valence-electron chi connectivity index (χ4n) is 1.38. The topological polar surface area (TPSA) is 0 Å². The highest BCUT2D eigenvalue weighted by atomic mass is 32.1. The Bertz CT molecular complexity index is 458. The summed E-state index contributed by atoms with van der Waals surface area (Å²) in [7, 11) is 0. The lowest BCUT2D eigenvalue weighted by Gasteiger charge is -2.10. The van der Waals surface area contributed by atoms with E-state index in [0.717, 1.165) is 30.4 Å². The van der Waals surface area contributed by atoms with Gasteiger partial charge in [-0.1, -0.05) is 24.3 Å². The lowest BCUT2D eigenvalue weighted by Crippen LogP contribution is -1.83. The van der Waals surface area contributed by atoms with E-state index in [9.17, 15) is 0 Å². The first kappa shape index (κ1) is 10.6. The molecule has 0 aliphatic rings. The van der Waals surface area contributed by atoms with Gasteiger partial charge < -0.3 is 0 Å². The Morgan fingerprint density at radius 1 is 0.571 bits per heavy atom. The van der Waals surface area contributed by atoms with Gasteiger partial charge in [-0.05, 0) is 10.8 Å². The highest BCUT2D eigenvalue weighted by Gasteiger charge is 2.10. The maximum absolute atomic E-state index is 4.42. The van der Waals surface area contributed by atoms with Crippen LogP contribution in [-0.2, 0) is 0 Å². The molecule has 0 saturated carbocycles. The molecule has 0 fully saturated rings. The van der Waals surface area contributed by atoms with Crippen molar-refractivity contribution in [2.24, 2.45) is 0 Å². The van der Waals surface area contributed by atoms with Gasteiger partial charge in [-0.2, -0.15) is 0 Å². The number of hydrogen-bond donors (Lipinski definition) is 4. The molecule has 0 N–H and O–H groups in total. The molecule has 2 aromatic rings. The first-order valence-corrected chi connectivity index (χ1v) is 5.76. The molecule has 0 aliphatic carbocycles. The summed E-state index contributed by atoms with van der Waals surface area (Å²) in [5.74, 6) is 0. The zero-order chi connectivity index (χ0) is 10.3.